The molecule has 0 atom stereocenters. The molecule has 0 bridgehead atoms. The van der Waals surface area contributed by atoms with Crippen LogP contribution in [0.25, 0.3) is 9.65 Å². The maximum atomic E-state index is 11.2. The quantitative estimate of drug-likeness (QED) is 0.575. The van der Waals surface area contributed by atoms with E-state index in [0.29, 0.717) is 25.8 Å². The van der Waals surface area contributed by atoms with Gasteiger partial charge in [-0.15, -0.1) is 0 Å². The van der Waals surface area contributed by atoms with Gasteiger partial charge in [-0.1, -0.05) is 0 Å². The number of thioether (sulfide) groups is 1. The summed E-state index contributed by atoms with van der Waals surface area (Å²) in [6.07, 6.45) is 0. The Morgan fingerprint density at radius 3 is 2.65 bits per heavy atom. The third-order valence-corrected chi connectivity index (χ3v) is 6.96. The molecule has 0 fully saturated rings. The average Bonchev–Trinajstić information content (AvgIpc) is 2.88. The number of carbonyl (C=O) groups is 1. The number of aromatic carboxylic acids is 1. The fourth-order valence-electron chi connectivity index (χ4n) is 2.03. The number of carboxylic acids is 1. The molecule has 1 heterocycles. The van der Waals surface area contributed by atoms with Crippen molar-refractivity contribution in [1.29, 1.82) is 0 Å². The molecule has 0 radical (unpaired) electrons. The van der Waals surface area contributed by atoms with E-state index in [1.165, 1.54) is 13.4 Å². The topological polar surface area (TPSA) is 37.3 Å². The second-order valence-electron chi connectivity index (χ2n) is 4.35. The molecule has 4 heteroatoms. The van der Waals surface area contributed by atoms with Crippen molar-refractivity contribution in [2.24, 2.45) is 0 Å². The van der Waals surface area contributed by atoms with Gasteiger partial charge in [-0.2, -0.15) is 0 Å². The number of carboxylic acid groups (broad SMARTS) is 1. The molecule has 100 valence electrons. The van der Waals surface area contributed by atoms with E-state index in [0.717, 1.165) is 5.56 Å². The van der Waals surface area contributed by atoms with Crippen LogP contribution in [0.5, 0.6) is 0 Å². The molecule has 0 amide bonds. The SMILES string of the molecule is O=C(O)c1ccccc1CSc1cc2ccccc2[se]1. The molecule has 20 heavy (non-hydrogen) atoms. The van der Waals surface area contributed by atoms with Gasteiger partial charge in [0, 0.05) is 0 Å². The van der Waals surface area contributed by atoms with Crippen LogP contribution < -0.4 is 0 Å². The first kappa shape index (κ1) is 13.5. The van der Waals surface area contributed by atoms with Crippen LogP contribution in [0.4, 0.5) is 0 Å². The van der Waals surface area contributed by atoms with Crippen molar-refractivity contribution in [3.8, 4) is 0 Å². The molecule has 0 aliphatic heterocycles. The summed E-state index contributed by atoms with van der Waals surface area (Å²) in [5.74, 6) is -0.139. The number of benzene rings is 2. The first-order valence-electron chi connectivity index (χ1n) is 6.16. The zero-order valence-electron chi connectivity index (χ0n) is 10.6. The third-order valence-electron chi connectivity index (χ3n) is 3.02. The van der Waals surface area contributed by atoms with Crippen molar-refractivity contribution in [2.45, 2.75) is 9.52 Å². The summed E-state index contributed by atoms with van der Waals surface area (Å²) in [6.45, 7) is 0. The van der Waals surface area contributed by atoms with E-state index in [-0.39, 0.29) is 0 Å². The van der Waals surface area contributed by atoms with Crippen molar-refractivity contribution < 1.29 is 9.90 Å². The van der Waals surface area contributed by atoms with Crippen LogP contribution in [0.1, 0.15) is 15.9 Å². The first-order chi connectivity index (χ1) is 9.74. The second kappa shape index (κ2) is 5.88. The van der Waals surface area contributed by atoms with Gasteiger partial charge in [-0.3, -0.25) is 0 Å². The minimum absolute atomic E-state index is 0.361. The number of rotatable bonds is 4. The van der Waals surface area contributed by atoms with Gasteiger partial charge >= 0.3 is 127 Å². The number of fused-ring (bicyclic) bond motifs is 1. The van der Waals surface area contributed by atoms with Gasteiger partial charge in [0.1, 0.15) is 0 Å². The van der Waals surface area contributed by atoms with E-state index < -0.39 is 5.97 Å². The molecular formula is C16H12O2SSe. The molecule has 0 aliphatic carbocycles. The Morgan fingerprint density at radius 2 is 1.85 bits per heavy atom. The van der Waals surface area contributed by atoms with E-state index >= 15 is 0 Å². The molecule has 0 saturated carbocycles. The van der Waals surface area contributed by atoms with Gasteiger partial charge in [0.15, 0.2) is 0 Å². The van der Waals surface area contributed by atoms with E-state index in [1.807, 2.05) is 12.1 Å². The molecule has 1 aromatic heterocycles. The van der Waals surface area contributed by atoms with Crippen molar-refractivity contribution >= 4 is 41.9 Å². The maximum absolute atomic E-state index is 11.2. The number of hydrogen-bond donors (Lipinski definition) is 1. The molecule has 0 saturated heterocycles. The third kappa shape index (κ3) is 2.83. The molecule has 3 rings (SSSR count). The Hall–Kier alpha value is -1.48. The van der Waals surface area contributed by atoms with Crippen LogP contribution in [0.2, 0.25) is 0 Å². The number of hydrogen-bond acceptors (Lipinski definition) is 2. The van der Waals surface area contributed by atoms with Gasteiger partial charge in [0.05, 0.1) is 0 Å². The fourth-order valence-corrected chi connectivity index (χ4v) is 5.73. The van der Waals surface area contributed by atoms with E-state index in [4.69, 9.17) is 0 Å². The van der Waals surface area contributed by atoms with Gasteiger partial charge in [0.25, 0.3) is 0 Å². The molecular weight excluding hydrogens is 335 g/mol. The van der Waals surface area contributed by atoms with Crippen molar-refractivity contribution in [1.82, 2.24) is 0 Å². The Balaban J connectivity index is 1.81. The molecule has 0 aliphatic rings. The standard InChI is InChI=1S/C16H12O2SSe/c17-16(18)13-7-3-1-6-12(13)10-19-15-9-11-5-2-4-8-14(11)20-15/h1-9H,10H2,(H,17,18). The summed E-state index contributed by atoms with van der Waals surface area (Å²) >= 11 is 2.11. The van der Waals surface area contributed by atoms with Gasteiger partial charge in [-0.05, 0) is 0 Å². The zero-order valence-corrected chi connectivity index (χ0v) is 13.1. The summed E-state index contributed by atoms with van der Waals surface area (Å²) in [5, 5.41) is 10.5. The van der Waals surface area contributed by atoms with Crippen molar-refractivity contribution in [3.63, 3.8) is 0 Å². The Morgan fingerprint density at radius 1 is 1.10 bits per heavy atom. The minimum atomic E-state index is -0.851. The Kier molecular flexibility index (Phi) is 3.97. The monoisotopic (exact) mass is 348 g/mol. The predicted octanol–water partition coefficient (Wildman–Crippen LogP) is 3.89. The van der Waals surface area contributed by atoms with Crippen LogP contribution in [0.15, 0.2) is 58.4 Å². The van der Waals surface area contributed by atoms with Crippen molar-refractivity contribution in [3.05, 3.63) is 65.7 Å². The summed E-state index contributed by atoms with van der Waals surface area (Å²) in [4.78, 5) is 11.2. The van der Waals surface area contributed by atoms with Crippen LogP contribution in [-0.2, 0) is 5.75 Å². The summed E-state index contributed by atoms with van der Waals surface area (Å²) in [6, 6.07) is 17.9. The Labute approximate surface area is 127 Å². The molecule has 2 nitrogen and oxygen atoms in total. The first-order valence-corrected chi connectivity index (χ1v) is 8.86. The zero-order chi connectivity index (χ0) is 13.9. The van der Waals surface area contributed by atoms with E-state index in [9.17, 15) is 9.90 Å². The molecule has 0 unspecified atom stereocenters. The van der Waals surface area contributed by atoms with Crippen LogP contribution in [0.3, 0.4) is 0 Å². The van der Waals surface area contributed by atoms with Gasteiger partial charge in [0.2, 0.25) is 0 Å². The fraction of sp³-hybridized carbons (Fsp3) is 0.0625. The average molecular weight is 347 g/mol. The predicted molar refractivity (Wildman–Crippen MR) is 83.9 cm³/mol. The Bertz CT molecular complexity index is 731. The van der Waals surface area contributed by atoms with Gasteiger partial charge in [-0.25, -0.2) is 0 Å². The van der Waals surface area contributed by atoms with Crippen molar-refractivity contribution in [2.75, 3.05) is 0 Å². The second-order valence-corrected chi connectivity index (χ2v) is 8.23. The normalized spacial score (nSPS) is 10.8. The summed E-state index contributed by atoms with van der Waals surface area (Å²) in [7, 11) is 0. The van der Waals surface area contributed by atoms with Crippen LogP contribution in [0, 0.1) is 0 Å². The molecule has 2 aromatic carbocycles. The molecule has 1 N–H and O–H groups in total. The van der Waals surface area contributed by atoms with Crippen LogP contribution >= 0.6 is 11.8 Å². The summed E-state index contributed by atoms with van der Waals surface area (Å²) < 4.78 is 2.77. The molecule has 3 aromatic rings. The van der Waals surface area contributed by atoms with Crippen LogP contribution in [-0.4, -0.2) is 25.6 Å². The molecule has 0 spiro atoms. The van der Waals surface area contributed by atoms with E-state index in [1.54, 1.807) is 23.9 Å². The van der Waals surface area contributed by atoms with Gasteiger partial charge < -0.3 is 0 Å². The summed E-state index contributed by atoms with van der Waals surface area (Å²) in [5.41, 5.74) is 1.29. The van der Waals surface area contributed by atoms with E-state index in [2.05, 4.69) is 30.3 Å².